The molecule has 0 aliphatic carbocycles. The molecule has 4 nitrogen and oxygen atoms in total. The molecule has 1 aromatic heterocycles. The maximum atomic E-state index is 12.2. The number of benzene rings is 1. The van der Waals surface area contributed by atoms with E-state index in [1.807, 2.05) is 13.8 Å². The quantitative estimate of drug-likeness (QED) is 0.911. The van der Waals surface area contributed by atoms with E-state index in [1.54, 1.807) is 23.7 Å². The normalized spacial score (nSPS) is 11.7. The molecule has 2 rings (SSSR count). The van der Waals surface area contributed by atoms with Gasteiger partial charge in [0.1, 0.15) is 0 Å². The van der Waals surface area contributed by atoms with Crippen molar-refractivity contribution in [2.24, 2.45) is 0 Å². The average molecular weight is 361 g/mol. The highest BCUT2D eigenvalue weighted by Gasteiger charge is 2.15. The van der Waals surface area contributed by atoms with E-state index in [-0.39, 0.29) is 11.4 Å². The summed E-state index contributed by atoms with van der Waals surface area (Å²) in [6, 6.07) is 4.97. The summed E-state index contributed by atoms with van der Waals surface area (Å²) in [4.78, 5) is 5.29. The van der Waals surface area contributed by atoms with Gasteiger partial charge in [-0.1, -0.05) is 15.9 Å². The number of aromatic nitrogens is 1. The fourth-order valence-electron chi connectivity index (χ4n) is 1.52. The van der Waals surface area contributed by atoms with Crippen LogP contribution in [-0.4, -0.2) is 13.4 Å². The molecule has 0 saturated heterocycles. The molecule has 7 heteroatoms. The van der Waals surface area contributed by atoms with Crippen LogP contribution in [0, 0.1) is 13.8 Å². The van der Waals surface area contributed by atoms with Gasteiger partial charge in [-0.15, -0.1) is 11.3 Å². The molecule has 0 radical (unpaired) electrons. The van der Waals surface area contributed by atoms with E-state index >= 15 is 0 Å². The first-order valence-electron chi connectivity index (χ1n) is 5.55. The van der Waals surface area contributed by atoms with Crippen LogP contribution in [0.2, 0.25) is 0 Å². The molecule has 1 heterocycles. The van der Waals surface area contributed by atoms with Crippen LogP contribution >= 0.6 is 27.3 Å². The SMILES string of the molecule is Cc1cc(S(=O)(=O)NCc2scnc2C)ccc1Br. The zero-order valence-electron chi connectivity index (χ0n) is 10.5. The second kappa shape index (κ2) is 5.70. The van der Waals surface area contributed by atoms with Gasteiger partial charge in [-0.05, 0) is 37.6 Å². The smallest absolute Gasteiger partial charge is 0.240 e. The molecule has 1 N–H and O–H groups in total. The van der Waals surface area contributed by atoms with Crippen LogP contribution in [-0.2, 0) is 16.6 Å². The van der Waals surface area contributed by atoms with Crippen molar-refractivity contribution >= 4 is 37.3 Å². The Morgan fingerprint density at radius 1 is 1.37 bits per heavy atom. The molecular weight excluding hydrogens is 348 g/mol. The average Bonchev–Trinajstić information content (AvgIpc) is 2.76. The lowest BCUT2D eigenvalue weighted by molar-refractivity contribution is 0.581. The van der Waals surface area contributed by atoms with Crippen LogP contribution < -0.4 is 4.72 Å². The lowest BCUT2D eigenvalue weighted by Crippen LogP contribution is -2.23. The maximum absolute atomic E-state index is 12.2. The monoisotopic (exact) mass is 360 g/mol. The third-order valence-electron chi connectivity index (χ3n) is 2.71. The van der Waals surface area contributed by atoms with Crippen molar-refractivity contribution in [2.45, 2.75) is 25.3 Å². The number of hydrogen-bond acceptors (Lipinski definition) is 4. The number of aryl methyl sites for hydroxylation is 2. The molecular formula is C12H13BrN2O2S2. The Labute approximate surface area is 125 Å². The van der Waals surface area contributed by atoms with Crippen LogP contribution in [0.3, 0.4) is 0 Å². The number of nitrogens with one attached hydrogen (secondary N) is 1. The van der Waals surface area contributed by atoms with Gasteiger partial charge in [-0.25, -0.2) is 18.1 Å². The Bertz CT molecular complexity index is 696. The Kier molecular flexibility index (Phi) is 4.39. The number of thiazole rings is 1. The first-order valence-corrected chi connectivity index (χ1v) is 8.70. The van der Waals surface area contributed by atoms with Crippen molar-refractivity contribution in [3.63, 3.8) is 0 Å². The van der Waals surface area contributed by atoms with Gasteiger partial charge in [0, 0.05) is 15.9 Å². The highest BCUT2D eigenvalue weighted by Crippen LogP contribution is 2.20. The Morgan fingerprint density at radius 3 is 2.68 bits per heavy atom. The third-order valence-corrected chi connectivity index (χ3v) is 5.93. The summed E-state index contributed by atoms with van der Waals surface area (Å²) in [6.07, 6.45) is 0. The highest BCUT2D eigenvalue weighted by atomic mass is 79.9. The summed E-state index contributed by atoms with van der Waals surface area (Å²) in [6.45, 7) is 3.99. The summed E-state index contributed by atoms with van der Waals surface area (Å²) in [5.74, 6) is 0. The molecule has 0 fully saturated rings. The van der Waals surface area contributed by atoms with E-state index in [2.05, 4.69) is 25.6 Å². The molecule has 0 spiro atoms. The molecule has 0 unspecified atom stereocenters. The summed E-state index contributed by atoms with van der Waals surface area (Å²) in [5.41, 5.74) is 3.46. The molecule has 102 valence electrons. The second-order valence-electron chi connectivity index (χ2n) is 4.10. The highest BCUT2D eigenvalue weighted by molar-refractivity contribution is 9.10. The molecule has 0 aliphatic heterocycles. The number of nitrogens with zero attached hydrogens (tertiary/aromatic N) is 1. The van der Waals surface area contributed by atoms with Gasteiger partial charge in [0.15, 0.2) is 0 Å². The van der Waals surface area contributed by atoms with Gasteiger partial charge in [0.25, 0.3) is 0 Å². The predicted molar refractivity (Wildman–Crippen MR) is 79.8 cm³/mol. The zero-order chi connectivity index (χ0) is 14.0. The lowest BCUT2D eigenvalue weighted by Gasteiger charge is -2.07. The van der Waals surface area contributed by atoms with E-state index in [0.29, 0.717) is 0 Å². The molecule has 19 heavy (non-hydrogen) atoms. The van der Waals surface area contributed by atoms with E-state index in [0.717, 1.165) is 20.6 Å². The van der Waals surface area contributed by atoms with Gasteiger partial charge in [0.2, 0.25) is 10.0 Å². The van der Waals surface area contributed by atoms with Crippen LogP contribution in [0.5, 0.6) is 0 Å². The Morgan fingerprint density at radius 2 is 2.11 bits per heavy atom. The summed E-state index contributed by atoms with van der Waals surface area (Å²) in [7, 11) is -3.48. The summed E-state index contributed by atoms with van der Waals surface area (Å²) >= 11 is 4.80. The van der Waals surface area contributed by atoms with E-state index < -0.39 is 10.0 Å². The van der Waals surface area contributed by atoms with Gasteiger partial charge < -0.3 is 0 Å². The first kappa shape index (κ1) is 14.6. The molecule has 2 aromatic rings. The van der Waals surface area contributed by atoms with Crippen LogP contribution in [0.25, 0.3) is 0 Å². The fourth-order valence-corrected chi connectivity index (χ4v) is 3.66. The van der Waals surface area contributed by atoms with Gasteiger partial charge in [-0.3, -0.25) is 0 Å². The summed E-state index contributed by atoms with van der Waals surface area (Å²) < 4.78 is 27.8. The topological polar surface area (TPSA) is 59.1 Å². The first-order chi connectivity index (χ1) is 8.90. The largest absolute Gasteiger partial charge is 0.250 e. The van der Waals surface area contributed by atoms with Crippen molar-refractivity contribution < 1.29 is 8.42 Å². The van der Waals surface area contributed by atoms with Crippen molar-refractivity contribution in [1.29, 1.82) is 0 Å². The molecule has 0 atom stereocenters. The van der Waals surface area contributed by atoms with E-state index in [1.165, 1.54) is 11.3 Å². The predicted octanol–water partition coefficient (Wildman–Crippen LogP) is 3.00. The third kappa shape index (κ3) is 3.42. The number of rotatable bonds is 4. The van der Waals surface area contributed by atoms with Crippen molar-refractivity contribution in [1.82, 2.24) is 9.71 Å². The van der Waals surface area contributed by atoms with Gasteiger partial charge in [0.05, 0.1) is 16.1 Å². The lowest BCUT2D eigenvalue weighted by atomic mass is 10.2. The van der Waals surface area contributed by atoms with E-state index in [9.17, 15) is 8.42 Å². The van der Waals surface area contributed by atoms with Crippen molar-refractivity contribution in [2.75, 3.05) is 0 Å². The standard InChI is InChI=1S/C12H13BrN2O2S2/c1-8-5-10(3-4-11(8)13)19(16,17)15-6-12-9(2)14-7-18-12/h3-5,7,15H,6H2,1-2H3. The van der Waals surface area contributed by atoms with Crippen molar-refractivity contribution in [3.05, 3.63) is 44.3 Å². The van der Waals surface area contributed by atoms with Crippen LogP contribution in [0.15, 0.2) is 33.1 Å². The molecule has 1 aromatic carbocycles. The fraction of sp³-hybridized carbons (Fsp3) is 0.250. The minimum atomic E-state index is -3.48. The molecule has 0 saturated carbocycles. The molecule has 0 bridgehead atoms. The number of hydrogen-bond donors (Lipinski definition) is 1. The molecule has 0 amide bonds. The summed E-state index contributed by atoms with van der Waals surface area (Å²) in [5, 5.41) is 0. The van der Waals surface area contributed by atoms with Gasteiger partial charge in [-0.2, -0.15) is 0 Å². The molecule has 0 aliphatic rings. The second-order valence-corrected chi connectivity index (χ2v) is 7.66. The Balaban J connectivity index is 2.18. The minimum absolute atomic E-state index is 0.272. The maximum Gasteiger partial charge on any atom is 0.240 e. The number of halogens is 1. The zero-order valence-corrected chi connectivity index (χ0v) is 13.7. The number of sulfonamides is 1. The van der Waals surface area contributed by atoms with E-state index in [4.69, 9.17) is 0 Å². The Hall–Kier alpha value is -0.760. The van der Waals surface area contributed by atoms with Crippen molar-refractivity contribution in [3.8, 4) is 0 Å². The van der Waals surface area contributed by atoms with Gasteiger partial charge >= 0.3 is 0 Å². The minimum Gasteiger partial charge on any atom is -0.250 e. The van der Waals surface area contributed by atoms with Crippen LogP contribution in [0.1, 0.15) is 16.1 Å². The van der Waals surface area contributed by atoms with Crippen LogP contribution in [0.4, 0.5) is 0 Å².